The first-order chi connectivity index (χ1) is 12.3. The number of guanidine groups is 1. The zero-order valence-electron chi connectivity index (χ0n) is 14.5. The molecule has 130 valence electrons. The van der Waals surface area contributed by atoms with E-state index in [1.165, 1.54) is 10.4 Å². The fraction of sp³-hybridized carbons (Fsp3) is 0.263. The summed E-state index contributed by atoms with van der Waals surface area (Å²) < 4.78 is 0. The molecule has 0 atom stereocenters. The monoisotopic (exact) mass is 353 g/mol. The number of benzene rings is 1. The maximum Gasteiger partial charge on any atom is 0.191 e. The molecule has 2 aromatic heterocycles. The van der Waals surface area contributed by atoms with Crippen LogP contribution in [0.2, 0.25) is 0 Å². The van der Waals surface area contributed by atoms with E-state index < -0.39 is 0 Å². The second kappa shape index (κ2) is 8.48. The summed E-state index contributed by atoms with van der Waals surface area (Å²) in [5, 5.41) is 8.77. The molecule has 0 radical (unpaired) electrons. The van der Waals surface area contributed by atoms with Crippen LogP contribution in [-0.2, 0) is 13.1 Å². The van der Waals surface area contributed by atoms with Crippen LogP contribution in [0.25, 0.3) is 11.3 Å². The van der Waals surface area contributed by atoms with Gasteiger partial charge in [0.05, 0.1) is 18.4 Å². The normalized spacial score (nSPS) is 11.5. The Balaban J connectivity index is 1.63. The first kappa shape index (κ1) is 17.2. The SMILES string of the molecule is CCNC(=NCc1ncc(-c2ccccc2)[nH]1)NCc1sccc1C. The predicted octanol–water partition coefficient (Wildman–Crippen LogP) is 3.70. The number of aryl methyl sites for hydroxylation is 1. The Kier molecular flexibility index (Phi) is 5.85. The van der Waals surface area contributed by atoms with E-state index in [1.54, 1.807) is 11.3 Å². The maximum atomic E-state index is 4.63. The minimum absolute atomic E-state index is 0.506. The van der Waals surface area contributed by atoms with Crippen molar-refractivity contribution in [3.8, 4) is 11.3 Å². The largest absolute Gasteiger partial charge is 0.357 e. The topological polar surface area (TPSA) is 65.1 Å². The van der Waals surface area contributed by atoms with E-state index in [1.807, 2.05) is 24.4 Å². The van der Waals surface area contributed by atoms with Gasteiger partial charge in [-0.25, -0.2) is 9.98 Å². The first-order valence-electron chi connectivity index (χ1n) is 8.40. The number of hydrogen-bond acceptors (Lipinski definition) is 3. The van der Waals surface area contributed by atoms with Crippen molar-refractivity contribution >= 4 is 17.3 Å². The molecule has 2 heterocycles. The summed E-state index contributed by atoms with van der Waals surface area (Å²) in [6.07, 6.45) is 1.86. The number of H-pyrrole nitrogens is 1. The molecule has 0 amide bonds. The molecule has 3 rings (SSSR count). The summed E-state index contributed by atoms with van der Waals surface area (Å²) in [4.78, 5) is 13.7. The third-order valence-corrected chi connectivity index (χ3v) is 4.85. The lowest BCUT2D eigenvalue weighted by molar-refractivity contribution is 0.812. The van der Waals surface area contributed by atoms with Crippen molar-refractivity contribution in [1.29, 1.82) is 0 Å². The summed E-state index contributed by atoms with van der Waals surface area (Å²) in [5.41, 5.74) is 3.45. The molecule has 0 fully saturated rings. The fourth-order valence-corrected chi connectivity index (χ4v) is 3.30. The van der Waals surface area contributed by atoms with E-state index in [-0.39, 0.29) is 0 Å². The number of hydrogen-bond donors (Lipinski definition) is 3. The molecule has 0 aliphatic carbocycles. The number of thiophene rings is 1. The van der Waals surface area contributed by atoms with Gasteiger partial charge in [0.25, 0.3) is 0 Å². The first-order valence-corrected chi connectivity index (χ1v) is 9.28. The molecular formula is C19H23N5S. The van der Waals surface area contributed by atoms with Crippen molar-refractivity contribution in [3.63, 3.8) is 0 Å². The van der Waals surface area contributed by atoms with Gasteiger partial charge in [-0.2, -0.15) is 0 Å². The number of aliphatic imine (C=N–C) groups is 1. The number of aromatic nitrogens is 2. The van der Waals surface area contributed by atoms with Crippen molar-refractivity contribution < 1.29 is 0 Å². The zero-order chi connectivity index (χ0) is 17.5. The summed E-state index contributed by atoms with van der Waals surface area (Å²) in [6, 6.07) is 12.3. The Morgan fingerprint density at radius 1 is 1.20 bits per heavy atom. The molecule has 25 heavy (non-hydrogen) atoms. The predicted molar refractivity (Wildman–Crippen MR) is 105 cm³/mol. The molecule has 1 aromatic carbocycles. The van der Waals surface area contributed by atoms with Crippen LogP contribution in [0, 0.1) is 6.92 Å². The van der Waals surface area contributed by atoms with Crippen molar-refractivity contribution in [1.82, 2.24) is 20.6 Å². The smallest absolute Gasteiger partial charge is 0.191 e. The minimum Gasteiger partial charge on any atom is -0.357 e. The third kappa shape index (κ3) is 4.70. The number of rotatable bonds is 6. The number of aromatic amines is 1. The molecular weight excluding hydrogens is 330 g/mol. The van der Waals surface area contributed by atoms with E-state index in [0.29, 0.717) is 6.54 Å². The summed E-state index contributed by atoms with van der Waals surface area (Å²) >= 11 is 1.76. The second-order valence-corrected chi connectivity index (χ2v) is 6.69. The van der Waals surface area contributed by atoms with Crippen LogP contribution in [0.5, 0.6) is 0 Å². The van der Waals surface area contributed by atoms with Crippen LogP contribution in [-0.4, -0.2) is 22.5 Å². The Hall–Kier alpha value is -2.60. The van der Waals surface area contributed by atoms with E-state index in [4.69, 9.17) is 0 Å². The lowest BCUT2D eigenvalue weighted by Crippen LogP contribution is -2.36. The number of nitrogens with one attached hydrogen (secondary N) is 3. The van der Waals surface area contributed by atoms with Crippen LogP contribution in [0.15, 0.2) is 53.0 Å². The van der Waals surface area contributed by atoms with Gasteiger partial charge in [0.1, 0.15) is 12.4 Å². The van der Waals surface area contributed by atoms with Crippen LogP contribution < -0.4 is 10.6 Å². The van der Waals surface area contributed by atoms with Gasteiger partial charge >= 0.3 is 0 Å². The van der Waals surface area contributed by atoms with Gasteiger partial charge < -0.3 is 15.6 Å². The maximum absolute atomic E-state index is 4.63. The number of imidazole rings is 1. The highest BCUT2D eigenvalue weighted by Crippen LogP contribution is 2.16. The van der Waals surface area contributed by atoms with Crippen molar-refractivity contribution in [3.05, 3.63) is 64.2 Å². The fourth-order valence-electron chi connectivity index (χ4n) is 2.45. The van der Waals surface area contributed by atoms with Gasteiger partial charge in [-0.05, 0) is 36.4 Å². The highest BCUT2D eigenvalue weighted by Gasteiger charge is 2.05. The third-order valence-electron chi connectivity index (χ3n) is 3.83. The lowest BCUT2D eigenvalue weighted by Gasteiger charge is -2.10. The van der Waals surface area contributed by atoms with Crippen molar-refractivity contribution in [2.75, 3.05) is 6.54 Å². The van der Waals surface area contributed by atoms with Crippen LogP contribution >= 0.6 is 11.3 Å². The molecule has 6 heteroatoms. The van der Waals surface area contributed by atoms with Crippen LogP contribution in [0.3, 0.4) is 0 Å². The van der Waals surface area contributed by atoms with Crippen molar-refractivity contribution in [2.45, 2.75) is 26.9 Å². The molecule has 0 unspecified atom stereocenters. The molecule has 0 aliphatic rings. The average molecular weight is 353 g/mol. The average Bonchev–Trinajstić information content (AvgIpc) is 3.27. The molecule has 5 nitrogen and oxygen atoms in total. The van der Waals surface area contributed by atoms with E-state index in [2.05, 4.69) is 63.0 Å². The van der Waals surface area contributed by atoms with Gasteiger partial charge in [0.15, 0.2) is 5.96 Å². The molecule has 0 spiro atoms. The van der Waals surface area contributed by atoms with E-state index in [0.717, 1.165) is 36.1 Å². The van der Waals surface area contributed by atoms with Crippen LogP contribution in [0.1, 0.15) is 23.2 Å². The molecule has 0 saturated heterocycles. The molecule has 0 bridgehead atoms. The summed E-state index contributed by atoms with van der Waals surface area (Å²) in [7, 11) is 0. The standard InChI is InChI=1S/C19H23N5S/c1-3-20-19(22-12-17-14(2)9-10-25-17)23-13-18-21-11-16(24-18)15-7-5-4-6-8-15/h4-11H,3,12-13H2,1-2H3,(H,21,24)(H2,20,22,23). The Morgan fingerprint density at radius 3 is 2.76 bits per heavy atom. The second-order valence-electron chi connectivity index (χ2n) is 5.69. The van der Waals surface area contributed by atoms with Gasteiger partial charge in [0.2, 0.25) is 0 Å². The molecule has 0 saturated carbocycles. The van der Waals surface area contributed by atoms with Crippen molar-refractivity contribution in [2.24, 2.45) is 4.99 Å². The number of nitrogens with zero attached hydrogens (tertiary/aromatic N) is 2. The Labute approximate surface area is 152 Å². The summed E-state index contributed by atoms with van der Waals surface area (Å²) in [6.45, 7) is 6.30. The highest BCUT2D eigenvalue weighted by molar-refractivity contribution is 7.10. The van der Waals surface area contributed by atoms with Gasteiger partial charge in [-0.15, -0.1) is 11.3 Å². The van der Waals surface area contributed by atoms with E-state index in [9.17, 15) is 0 Å². The zero-order valence-corrected chi connectivity index (χ0v) is 15.4. The molecule has 3 aromatic rings. The highest BCUT2D eigenvalue weighted by atomic mass is 32.1. The quantitative estimate of drug-likeness (QED) is 0.468. The van der Waals surface area contributed by atoms with Gasteiger partial charge in [0, 0.05) is 11.4 Å². The molecule has 3 N–H and O–H groups in total. The van der Waals surface area contributed by atoms with Gasteiger partial charge in [-0.1, -0.05) is 30.3 Å². The van der Waals surface area contributed by atoms with Crippen LogP contribution in [0.4, 0.5) is 0 Å². The Morgan fingerprint density at radius 2 is 2.04 bits per heavy atom. The molecule has 0 aliphatic heterocycles. The lowest BCUT2D eigenvalue weighted by atomic mass is 10.2. The van der Waals surface area contributed by atoms with E-state index >= 15 is 0 Å². The minimum atomic E-state index is 0.506. The summed E-state index contributed by atoms with van der Waals surface area (Å²) in [5.74, 6) is 1.65. The Bertz CT molecular complexity index is 819. The van der Waals surface area contributed by atoms with Gasteiger partial charge in [-0.3, -0.25) is 0 Å².